The van der Waals surface area contributed by atoms with Gasteiger partial charge in [-0.25, -0.2) is 9.59 Å². The van der Waals surface area contributed by atoms with Crippen LogP contribution in [0.3, 0.4) is 0 Å². The molecule has 11 nitrogen and oxygen atoms in total. The van der Waals surface area contributed by atoms with Crippen LogP contribution in [0.15, 0.2) is 141 Å². The van der Waals surface area contributed by atoms with Gasteiger partial charge in [-0.1, -0.05) is 48.5 Å². The molecule has 3 aromatic carbocycles. The second-order valence-corrected chi connectivity index (χ2v) is 12.0. The van der Waals surface area contributed by atoms with Crippen LogP contribution >= 0.6 is 31.9 Å². The first-order valence-electron chi connectivity index (χ1n) is 14.7. The van der Waals surface area contributed by atoms with Gasteiger partial charge in [-0.2, -0.15) is 20.2 Å². The Morgan fingerprint density at radius 3 is 1.75 bits per heavy atom. The summed E-state index contributed by atoms with van der Waals surface area (Å²) >= 11 is 6.95. The predicted octanol–water partition coefficient (Wildman–Crippen LogP) is 7.48. The monoisotopic (exact) mass is 766 g/mol. The molecule has 2 aliphatic heterocycles. The molecular formula is C35H28Br2N8O3. The zero-order valence-corrected chi connectivity index (χ0v) is 28.7. The molecule has 7 rings (SSSR count). The fraction of sp³-hybridized carbons (Fsp3) is 0.0857. The van der Waals surface area contributed by atoms with Gasteiger partial charge < -0.3 is 10.1 Å². The van der Waals surface area contributed by atoms with Gasteiger partial charge in [0, 0.05) is 21.3 Å². The van der Waals surface area contributed by atoms with Gasteiger partial charge in [0.2, 0.25) is 0 Å². The molecule has 4 amide bonds. The van der Waals surface area contributed by atoms with Gasteiger partial charge >= 0.3 is 12.1 Å². The lowest BCUT2D eigenvalue weighted by Gasteiger charge is -2.33. The maximum atomic E-state index is 13.4. The first-order chi connectivity index (χ1) is 23.4. The summed E-state index contributed by atoms with van der Waals surface area (Å²) in [7, 11) is 1.59. The number of benzene rings is 3. The fourth-order valence-corrected chi connectivity index (χ4v) is 5.82. The number of hydrazone groups is 2. The number of carbonyl (C=O) groups is 2. The molecule has 240 valence electrons. The molecule has 48 heavy (non-hydrogen) atoms. The Morgan fingerprint density at radius 1 is 0.646 bits per heavy atom. The number of methoxy groups -OCH3 is 1. The average molecular weight is 768 g/mol. The third-order valence-electron chi connectivity index (χ3n) is 7.22. The van der Waals surface area contributed by atoms with Crippen molar-refractivity contribution in [1.29, 1.82) is 0 Å². The van der Waals surface area contributed by atoms with Crippen LogP contribution in [-0.4, -0.2) is 53.7 Å². The minimum atomic E-state index is -0.268. The van der Waals surface area contributed by atoms with Crippen molar-refractivity contribution in [3.05, 3.63) is 142 Å². The number of carbonyl (C=O) groups excluding carboxylic acids is 2. The van der Waals surface area contributed by atoms with E-state index in [-0.39, 0.29) is 18.6 Å². The quantitative estimate of drug-likeness (QED) is 0.193. The molecule has 0 saturated carbocycles. The summed E-state index contributed by atoms with van der Waals surface area (Å²) in [6, 6.07) is 33.1. The SMILES string of the molecule is COc1ccccc1N1CC(c2ccccn2)=NN(c2ccccc2Br)C1=O.O=C1NCC(c2ccccn2)=NN1c1ccccc1Br. The van der Waals surface area contributed by atoms with Crippen molar-refractivity contribution in [2.45, 2.75) is 0 Å². The summed E-state index contributed by atoms with van der Waals surface area (Å²) < 4.78 is 7.05. The van der Waals surface area contributed by atoms with Gasteiger partial charge in [-0.15, -0.1) is 0 Å². The van der Waals surface area contributed by atoms with Crippen LogP contribution in [0.2, 0.25) is 0 Å². The highest BCUT2D eigenvalue weighted by atomic mass is 79.9. The van der Waals surface area contributed by atoms with E-state index in [9.17, 15) is 9.59 Å². The standard InChI is InChI=1S/C21H17BrN4O2.C14H11BrN4O/c1-28-20-12-5-4-11-19(20)25-14-17(16-9-6-7-13-23-16)24-26(21(25)27)18-10-3-2-8-15(18)22;15-10-5-1-2-7-13(10)19-14(20)17-9-12(18-19)11-6-3-4-8-16-11/h2-13H,14H2,1H3;1-8H,9H2,(H,17,20). The average Bonchev–Trinajstić information content (AvgIpc) is 3.14. The highest BCUT2D eigenvalue weighted by molar-refractivity contribution is 9.11. The van der Waals surface area contributed by atoms with Crippen LogP contribution < -0.4 is 25.0 Å². The molecule has 2 aliphatic rings. The van der Waals surface area contributed by atoms with Crippen LogP contribution in [-0.2, 0) is 0 Å². The molecule has 0 spiro atoms. The number of para-hydroxylation sites is 4. The van der Waals surface area contributed by atoms with Crippen molar-refractivity contribution in [3.8, 4) is 5.75 Å². The second-order valence-electron chi connectivity index (χ2n) is 10.2. The van der Waals surface area contributed by atoms with Crippen LogP contribution in [0.25, 0.3) is 0 Å². The molecule has 0 saturated heterocycles. The van der Waals surface area contributed by atoms with Crippen LogP contribution in [0.1, 0.15) is 11.4 Å². The Balaban J connectivity index is 0.000000177. The molecule has 0 fully saturated rings. The van der Waals surface area contributed by atoms with Gasteiger partial charge in [0.25, 0.3) is 0 Å². The number of aromatic nitrogens is 2. The Bertz CT molecular complexity index is 1990. The van der Waals surface area contributed by atoms with E-state index < -0.39 is 0 Å². The number of rotatable bonds is 6. The molecule has 0 atom stereocenters. The Hall–Kier alpha value is -5.40. The largest absolute Gasteiger partial charge is 0.495 e. The molecule has 0 bridgehead atoms. The zero-order chi connectivity index (χ0) is 33.5. The molecule has 2 aromatic heterocycles. The minimum Gasteiger partial charge on any atom is -0.495 e. The van der Waals surface area contributed by atoms with E-state index in [1.807, 2.05) is 109 Å². The van der Waals surface area contributed by atoms with Gasteiger partial charge in [0.05, 0.1) is 48.6 Å². The fourth-order valence-electron chi connectivity index (χ4n) is 4.91. The molecule has 0 radical (unpaired) electrons. The number of amides is 4. The molecule has 0 aliphatic carbocycles. The van der Waals surface area contributed by atoms with E-state index >= 15 is 0 Å². The molecular weight excluding hydrogens is 740 g/mol. The van der Waals surface area contributed by atoms with E-state index in [0.717, 1.165) is 20.4 Å². The predicted molar refractivity (Wildman–Crippen MR) is 194 cm³/mol. The van der Waals surface area contributed by atoms with Gasteiger partial charge in [0.15, 0.2) is 0 Å². The van der Waals surface area contributed by atoms with Crippen molar-refractivity contribution < 1.29 is 14.3 Å². The summed E-state index contributed by atoms with van der Waals surface area (Å²) in [4.78, 5) is 35.7. The minimum absolute atomic E-state index is 0.253. The smallest absolute Gasteiger partial charge is 0.350 e. The van der Waals surface area contributed by atoms with Gasteiger partial charge in [-0.3, -0.25) is 14.9 Å². The topological polar surface area (TPSA) is 116 Å². The number of nitrogens with one attached hydrogen (secondary N) is 1. The molecule has 4 heterocycles. The lowest BCUT2D eigenvalue weighted by Crippen LogP contribution is -2.49. The maximum Gasteiger partial charge on any atom is 0.350 e. The van der Waals surface area contributed by atoms with Crippen molar-refractivity contribution in [1.82, 2.24) is 15.3 Å². The highest BCUT2D eigenvalue weighted by Crippen LogP contribution is 2.34. The van der Waals surface area contributed by atoms with Crippen LogP contribution in [0, 0.1) is 0 Å². The van der Waals surface area contributed by atoms with Crippen molar-refractivity contribution in [2.24, 2.45) is 10.2 Å². The molecule has 13 heteroatoms. The number of anilines is 3. The number of hydrogen-bond donors (Lipinski definition) is 1. The third kappa shape index (κ3) is 7.11. The summed E-state index contributed by atoms with van der Waals surface area (Å²) in [6.45, 7) is 0.661. The number of urea groups is 2. The first kappa shape index (κ1) is 32.5. The van der Waals surface area contributed by atoms with E-state index in [1.165, 1.54) is 10.0 Å². The van der Waals surface area contributed by atoms with E-state index in [2.05, 4.69) is 57.3 Å². The molecule has 5 aromatic rings. The Labute approximate surface area is 293 Å². The number of nitrogens with zero attached hydrogens (tertiary/aromatic N) is 7. The number of halogens is 2. The Morgan fingerprint density at radius 2 is 1.17 bits per heavy atom. The first-order valence-corrected chi connectivity index (χ1v) is 16.3. The zero-order valence-electron chi connectivity index (χ0n) is 25.6. The maximum absolute atomic E-state index is 13.4. The van der Waals surface area contributed by atoms with Gasteiger partial charge in [0.1, 0.15) is 17.2 Å². The lowest BCUT2D eigenvalue weighted by atomic mass is 10.2. The summed E-state index contributed by atoms with van der Waals surface area (Å²) in [5, 5.41) is 14.6. The summed E-state index contributed by atoms with van der Waals surface area (Å²) in [5.41, 5.74) is 4.90. The van der Waals surface area contributed by atoms with Crippen molar-refractivity contribution in [2.75, 3.05) is 35.1 Å². The molecule has 0 unspecified atom stereocenters. The van der Waals surface area contributed by atoms with E-state index in [0.29, 0.717) is 40.8 Å². The Kier molecular flexibility index (Phi) is 10.2. The number of pyridine rings is 2. The number of hydrogen-bond acceptors (Lipinski definition) is 7. The van der Waals surface area contributed by atoms with Gasteiger partial charge in [-0.05, 0) is 92.5 Å². The van der Waals surface area contributed by atoms with Crippen LogP contribution in [0.5, 0.6) is 5.75 Å². The van der Waals surface area contributed by atoms with E-state index in [1.54, 1.807) is 24.4 Å². The number of ether oxygens (including phenoxy) is 1. The van der Waals surface area contributed by atoms with E-state index in [4.69, 9.17) is 4.74 Å². The molecule has 1 N–H and O–H groups in total. The van der Waals surface area contributed by atoms with Crippen LogP contribution in [0.4, 0.5) is 26.7 Å². The third-order valence-corrected chi connectivity index (χ3v) is 8.56. The lowest BCUT2D eigenvalue weighted by molar-refractivity contribution is 0.246. The highest BCUT2D eigenvalue weighted by Gasteiger charge is 2.33. The van der Waals surface area contributed by atoms with Crippen molar-refractivity contribution >= 4 is 72.4 Å². The van der Waals surface area contributed by atoms with Crippen molar-refractivity contribution in [3.63, 3.8) is 0 Å². The summed E-state index contributed by atoms with van der Waals surface area (Å²) in [5.74, 6) is 0.616. The second kappa shape index (κ2) is 15.0. The summed E-state index contributed by atoms with van der Waals surface area (Å²) in [6.07, 6.45) is 3.42. The normalized spacial score (nSPS) is 14.4.